The molecule has 0 saturated heterocycles. The first-order valence-electron chi connectivity index (χ1n) is 10.6. The van der Waals surface area contributed by atoms with E-state index in [1.165, 1.54) is 194 Å². The van der Waals surface area contributed by atoms with Crippen LogP contribution in [0.15, 0.2) is 36.4 Å². The van der Waals surface area contributed by atoms with E-state index in [4.69, 9.17) is 0 Å². The van der Waals surface area contributed by atoms with Crippen molar-refractivity contribution in [1.82, 2.24) is 0 Å². The summed E-state index contributed by atoms with van der Waals surface area (Å²) >= 11 is 10.1. The average Bonchev–Trinajstić information content (AvgIpc) is 3.41. The number of fused-ring (bicyclic) bond motifs is 12. The summed E-state index contributed by atoms with van der Waals surface area (Å²) in [6.45, 7) is 6.78. The predicted octanol–water partition coefficient (Wildman–Crippen LogP) is 7.24. The van der Waals surface area contributed by atoms with Crippen LogP contribution in [-0.4, -0.2) is 0 Å². The maximum absolute atomic E-state index is 2.51. The summed E-state index contributed by atoms with van der Waals surface area (Å²) in [6, 6.07) is 14.8. The van der Waals surface area contributed by atoms with Gasteiger partial charge in [-0.3, -0.25) is 0 Å². The third-order valence-corrected chi connectivity index (χ3v) is 16.2. The van der Waals surface area contributed by atoms with Crippen molar-refractivity contribution in [1.29, 1.82) is 0 Å². The van der Waals surface area contributed by atoms with Crippen molar-refractivity contribution in [2.45, 2.75) is 20.8 Å². The van der Waals surface area contributed by atoms with Gasteiger partial charge in [0.2, 0.25) is 0 Å². The van der Waals surface area contributed by atoms with Crippen molar-refractivity contribution in [3.8, 4) is 0 Å². The molecule has 0 nitrogen and oxygen atoms in total. The van der Waals surface area contributed by atoms with Crippen LogP contribution in [0, 0.1) is 136 Å². The van der Waals surface area contributed by atoms with Crippen LogP contribution in [0.25, 0.3) is 60.5 Å². The molecule has 7 rings (SSSR count). The fourth-order valence-electron chi connectivity index (χ4n) is 4.91. The molecule has 0 saturated carbocycles. The molecule has 4 aromatic carbocycles. The molecule has 0 bridgehead atoms. The molecule has 0 radical (unpaired) electrons. The van der Waals surface area contributed by atoms with Crippen LogP contribution in [0.3, 0.4) is 0 Å². The van der Waals surface area contributed by atoms with Crippen molar-refractivity contribution in [3.05, 3.63) is 53.1 Å². The van der Waals surface area contributed by atoms with Gasteiger partial charge in [-0.25, -0.2) is 0 Å². The zero-order valence-corrected chi connectivity index (χ0v) is 29.1. The van der Waals surface area contributed by atoms with Gasteiger partial charge in [-0.1, -0.05) is 0 Å². The van der Waals surface area contributed by atoms with Gasteiger partial charge >= 0.3 is 287 Å². The summed E-state index contributed by atoms with van der Waals surface area (Å²) in [5, 5.41) is 8.89. The summed E-state index contributed by atoms with van der Waals surface area (Å²) in [4.78, 5) is 0. The fraction of sp³-hybridized carbons (Fsp3) is 0.111. The van der Waals surface area contributed by atoms with Gasteiger partial charge in [-0.05, 0) is 0 Å². The number of hydrogen-bond acceptors (Lipinski definition) is 3. The van der Waals surface area contributed by atoms with Crippen molar-refractivity contribution in [3.63, 3.8) is 0 Å². The number of hydrogen-bond donors (Lipinski definition) is 0. The Morgan fingerprint density at radius 1 is 0.455 bits per heavy atom. The molecule has 3 aromatic heterocycles. The molecular formula is C27H15Pm3S3. The molecule has 7 aromatic rings. The van der Waals surface area contributed by atoms with Gasteiger partial charge in [0.25, 0.3) is 0 Å². The quantitative estimate of drug-likeness (QED) is 0.151. The van der Waals surface area contributed by atoms with Gasteiger partial charge < -0.3 is 0 Å². The Labute approximate surface area is 281 Å². The summed E-state index contributed by atoms with van der Waals surface area (Å²) in [5.74, 6) is 0. The Balaban J connectivity index is 1.87. The van der Waals surface area contributed by atoms with Crippen molar-refractivity contribution < 1.29 is 115 Å². The standard InChI is InChI=1S/C27H15S3.3Pm/c1-13-8-9-17-20(10-13)29-27-23(17)25-22(16-6-4-5-7-19(16)28-25)26-24(27)18-11-14(2)15(3)12-21(18)30-26;;;/h6-7,9-12H,1-3H3;;;. The normalized spacial score (nSPS) is 12.5. The molecule has 33 heavy (non-hydrogen) atoms. The Kier molecular flexibility index (Phi) is 6.12. The van der Waals surface area contributed by atoms with E-state index in [0.29, 0.717) is 0 Å². The predicted molar refractivity (Wildman–Crippen MR) is 138 cm³/mol. The molecule has 6 heteroatoms. The van der Waals surface area contributed by atoms with Crippen LogP contribution >= 0.6 is 34.0 Å². The Morgan fingerprint density at radius 3 is 1.42 bits per heavy atom. The first kappa shape index (κ1) is 23.7. The summed E-state index contributed by atoms with van der Waals surface area (Å²) in [6.07, 6.45) is 0. The number of benzene rings is 4. The molecule has 0 spiro atoms. The monoisotopic (exact) mass is 870 g/mol. The van der Waals surface area contributed by atoms with E-state index in [1.54, 1.807) is 2.56 Å². The second-order valence-corrected chi connectivity index (χ2v) is 16.6. The Hall–Kier alpha value is 1.55. The molecule has 3 heterocycles. The van der Waals surface area contributed by atoms with Crippen molar-refractivity contribution in [2.24, 2.45) is 0 Å². The molecule has 0 unspecified atom stereocenters. The summed E-state index contributed by atoms with van der Waals surface area (Å²) in [7, 11) is 0. The van der Waals surface area contributed by atoms with Crippen molar-refractivity contribution >= 4 is 98.4 Å². The first-order chi connectivity index (χ1) is 15.8. The molecule has 0 aliphatic carbocycles. The number of rotatable bonds is 0. The van der Waals surface area contributed by atoms with Crippen LogP contribution in [0.4, 0.5) is 0 Å². The van der Waals surface area contributed by atoms with Crippen LogP contribution in [-0.2, 0) is 0 Å². The third kappa shape index (κ3) is 3.51. The molecule has 0 aliphatic heterocycles. The molecule has 0 fully saturated rings. The van der Waals surface area contributed by atoms with Gasteiger partial charge in [0.1, 0.15) is 0 Å². The zero-order valence-electron chi connectivity index (χ0n) is 18.0. The fourth-order valence-corrected chi connectivity index (χ4v) is 11.3. The van der Waals surface area contributed by atoms with E-state index in [-0.39, 0.29) is 0 Å². The first-order valence-corrected chi connectivity index (χ1v) is 17.4. The SMILES string of the molecule is Cc1cc2sc3c(c2cc1C)c1sc2cc(C)[c]([Pm])cc2c1c1sc2c[c]([Pm])[c]([Pm])cc2c31. The van der Waals surface area contributed by atoms with Gasteiger partial charge in [-0.2, -0.15) is 0 Å². The van der Waals surface area contributed by atoms with Gasteiger partial charge in [0, 0.05) is 0 Å². The summed E-state index contributed by atoms with van der Waals surface area (Å²) in [5.41, 5.74) is 4.22. The van der Waals surface area contributed by atoms with Crippen LogP contribution < -0.4 is 3.84 Å². The molecule has 156 valence electrons. The minimum atomic E-state index is 1.33. The number of thiophene rings is 3. The average molecular weight is 871 g/mol. The van der Waals surface area contributed by atoms with Crippen LogP contribution in [0.2, 0.25) is 0 Å². The molecule has 0 amide bonds. The third-order valence-electron chi connectivity index (χ3n) is 6.78. The van der Waals surface area contributed by atoms with E-state index in [2.05, 4.69) is 57.2 Å². The van der Waals surface area contributed by atoms with Gasteiger partial charge in [0.05, 0.1) is 0 Å². The van der Waals surface area contributed by atoms with E-state index >= 15 is 0 Å². The Morgan fingerprint density at radius 2 is 0.848 bits per heavy atom. The summed E-state index contributed by atoms with van der Waals surface area (Å²) < 4.78 is 13.4. The van der Waals surface area contributed by atoms with Crippen LogP contribution in [0.5, 0.6) is 0 Å². The van der Waals surface area contributed by atoms with E-state index < -0.39 is 0 Å². The second kappa shape index (κ2) is 8.53. The minimum absolute atomic E-state index is 1.33. The maximum atomic E-state index is 2.51. The number of aryl methyl sites for hydroxylation is 3. The molecule has 0 aliphatic rings. The van der Waals surface area contributed by atoms with Crippen molar-refractivity contribution in [2.75, 3.05) is 0 Å². The molecule has 0 atom stereocenters. The van der Waals surface area contributed by atoms with Crippen LogP contribution in [0.1, 0.15) is 16.7 Å². The van der Waals surface area contributed by atoms with E-state index in [1.807, 2.05) is 34.0 Å². The second-order valence-electron chi connectivity index (χ2n) is 8.82. The molecular weight excluding hydrogens is 855 g/mol. The van der Waals surface area contributed by atoms with Gasteiger partial charge in [-0.15, -0.1) is 0 Å². The molecule has 0 N–H and O–H groups in total. The zero-order chi connectivity index (χ0) is 22.8. The van der Waals surface area contributed by atoms with Gasteiger partial charge in [0.15, 0.2) is 0 Å². The van der Waals surface area contributed by atoms with E-state index in [0.717, 1.165) is 0 Å². The topological polar surface area (TPSA) is 0 Å². The Bertz CT molecular complexity index is 1730. The van der Waals surface area contributed by atoms with E-state index in [9.17, 15) is 0 Å².